The van der Waals surface area contributed by atoms with E-state index in [-0.39, 0.29) is 5.92 Å². The van der Waals surface area contributed by atoms with Gasteiger partial charge in [0.2, 0.25) is 0 Å². The summed E-state index contributed by atoms with van der Waals surface area (Å²) in [5.74, 6) is -5.03. The number of carbonyl (C=O) groups is 1. The molecule has 0 saturated heterocycles. The third-order valence-corrected chi connectivity index (χ3v) is 2.87. The molecule has 106 valence electrons. The van der Waals surface area contributed by atoms with Crippen LogP contribution in [0.2, 0.25) is 0 Å². The third kappa shape index (κ3) is 3.47. The Morgan fingerprint density at radius 1 is 1.32 bits per heavy atom. The molecule has 0 aliphatic rings. The number of nitrogens with zero attached hydrogens (tertiary/aromatic N) is 1. The smallest absolute Gasteiger partial charge is 0.256 e. The number of halogens is 3. The summed E-state index contributed by atoms with van der Waals surface area (Å²) in [4.78, 5) is 13.4. The van der Waals surface area contributed by atoms with Gasteiger partial charge < -0.3 is 10.6 Å². The fraction of sp³-hybridized carbons (Fsp3) is 0.462. The lowest BCUT2D eigenvalue weighted by molar-refractivity contribution is 0.0737. The maximum absolute atomic E-state index is 13.5. The van der Waals surface area contributed by atoms with Crippen molar-refractivity contribution in [2.45, 2.75) is 13.8 Å². The highest BCUT2D eigenvalue weighted by atomic mass is 19.2. The SMILES string of the molecule is CCN(CC(C)CN)C(=O)c1ccc(F)c(F)c1F. The van der Waals surface area contributed by atoms with Crippen LogP contribution in [-0.2, 0) is 0 Å². The zero-order valence-corrected chi connectivity index (χ0v) is 10.9. The van der Waals surface area contributed by atoms with Crippen molar-refractivity contribution >= 4 is 5.91 Å². The molecule has 0 heterocycles. The van der Waals surface area contributed by atoms with E-state index in [1.165, 1.54) is 4.90 Å². The summed E-state index contributed by atoms with van der Waals surface area (Å²) in [6, 6.07) is 1.69. The van der Waals surface area contributed by atoms with Gasteiger partial charge in [0.1, 0.15) is 0 Å². The second kappa shape index (κ2) is 6.56. The lowest BCUT2D eigenvalue weighted by Crippen LogP contribution is -2.37. The van der Waals surface area contributed by atoms with Gasteiger partial charge in [-0.25, -0.2) is 13.2 Å². The van der Waals surface area contributed by atoms with Crippen molar-refractivity contribution in [3.05, 3.63) is 35.1 Å². The van der Waals surface area contributed by atoms with Crippen LogP contribution in [0, 0.1) is 23.4 Å². The molecule has 19 heavy (non-hydrogen) atoms. The van der Waals surface area contributed by atoms with Crippen LogP contribution >= 0.6 is 0 Å². The Morgan fingerprint density at radius 3 is 2.47 bits per heavy atom. The number of hydrogen-bond acceptors (Lipinski definition) is 2. The maximum Gasteiger partial charge on any atom is 0.256 e. The van der Waals surface area contributed by atoms with Gasteiger partial charge in [0.05, 0.1) is 5.56 Å². The summed E-state index contributed by atoms with van der Waals surface area (Å²) >= 11 is 0. The Labute approximate surface area is 110 Å². The predicted octanol–water partition coefficient (Wildman–Crippen LogP) is 2.16. The first kappa shape index (κ1) is 15.5. The molecule has 1 aromatic carbocycles. The molecule has 0 spiro atoms. The summed E-state index contributed by atoms with van der Waals surface area (Å²) in [5.41, 5.74) is 5.00. The fourth-order valence-electron chi connectivity index (χ4n) is 1.67. The van der Waals surface area contributed by atoms with Crippen molar-refractivity contribution in [3.8, 4) is 0 Å². The second-order valence-corrected chi connectivity index (χ2v) is 4.41. The Balaban J connectivity index is 3.01. The van der Waals surface area contributed by atoms with Crippen LogP contribution in [-0.4, -0.2) is 30.4 Å². The van der Waals surface area contributed by atoms with Gasteiger partial charge in [0.15, 0.2) is 17.5 Å². The summed E-state index contributed by atoms with van der Waals surface area (Å²) in [7, 11) is 0. The average Bonchev–Trinajstić information content (AvgIpc) is 2.41. The maximum atomic E-state index is 13.5. The fourth-order valence-corrected chi connectivity index (χ4v) is 1.67. The molecule has 0 radical (unpaired) electrons. The van der Waals surface area contributed by atoms with Gasteiger partial charge in [0, 0.05) is 13.1 Å². The molecule has 0 bridgehead atoms. The van der Waals surface area contributed by atoms with Crippen molar-refractivity contribution in [1.29, 1.82) is 0 Å². The van der Waals surface area contributed by atoms with E-state index in [2.05, 4.69) is 0 Å². The molecule has 3 nitrogen and oxygen atoms in total. The van der Waals surface area contributed by atoms with Crippen molar-refractivity contribution in [2.24, 2.45) is 11.7 Å². The highest BCUT2D eigenvalue weighted by Gasteiger charge is 2.23. The molecule has 1 unspecified atom stereocenters. The van der Waals surface area contributed by atoms with E-state index in [0.717, 1.165) is 12.1 Å². The second-order valence-electron chi connectivity index (χ2n) is 4.41. The number of hydrogen-bond donors (Lipinski definition) is 1. The van der Waals surface area contributed by atoms with E-state index in [1.54, 1.807) is 6.92 Å². The summed E-state index contributed by atoms with van der Waals surface area (Å²) in [5, 5.41) is 0. The first-order chi connectivity index (χ1) is 8.92. The van der Waals surface area contributed by atoms with Gasteiger partial charge in [0.25, 0.3) is 5.91 Å². The first-order valence-electron chi connectivity index (χ1n) is 6.05. The molecule has 0 aliphatic heterocycles. The summed E-state index contributed by atoms with van der Waals surface area (Å²) in [6.07, 6.45) is 0. The molecule has 6 heteroatoms. The molecule has 1 aromatic rings. The topological polar surface area (TPSA) is 46.3 Å². The number of carbonyl (C=O) groups excluding carboxylic acids is 1. The lowest BCUT2D eigenvalue weighted by Gasteiger charge is -2.24. The van der Waals surface area contributed by atoms with Gasteiger partial charge in [-0.1, -0.05) is 6.92 Å². The minimum Gasteiger partial charge on any atom is -0.339 e. The van der Waals surface area contributed by atoms with Crippen LogP contribution in [0.3, 0.4) is 0 Å². The quantitative estimate of drug-likeness (QED) is 0.836. The van der Waals surface area contributed by atoms with Crippen LogP contribution in [0.5, 0.6) is 0 Å². The highest BCUT2D eigenvalue weighted by molar-refractivity contribution is 5.94. The molecular formula is C13H17F3N2O. The van der Waals surface area contributed by atoms with Crippen LogP contribution in [0.4, 0.5) is 13.2 Å². The van der Waals surface area contributed by atoms with E-state index in [0.29, 0.717) is 19.6 Å². The average molecular weight is 274 g/mol. The van der Waals surface area contributed by atoms with E-state index >= 15 is 0 Å². The number of amides is 1. The van der Waals surface area contributed by atoms with E-state index in [1.807, 2.05) is 6.92 Å². The van der Waals surface area contributed by atoms with E-state index in [9.17, 15) is 18.0 Å². The highest BCUT2D eigenvalue weighted by Crippen LogP contribution is 2.17. The van der Waals surface area contributed by atoms with Crippen LogP contribution in [0.25, 0.3) is 0 Å². The Kier molecular flexibility index (Phi) is 5.35. The van der Waals surface area contributed by atoms with E-state index < -0.39 is 28.9 Å². The van der Waals surface area contributed by atoms with Gasteiger partial charge in [-0.15, -0.1) is 0 Å². The standard InChI is InChI=1S/C13H17F3N2O/c1-3-18(7-8(2)6-17)13(19)9-4-5-10(14)12(16)11(9)15/h4-5,8H,3,6-7,17H2,1-2H3. The molecule has 0 aliphatic carbocycles. The van der Waals surface area contributed by atoms with Gasteiger partial charge in [-0.2, -0.15) is 0 Å². The van der Waals surface area contributed by atoms with Crippen molar-refractivity contribution < 1.29 is 18.0 Å². The monoisotopic (exact) mass is 274 g/mol. The largest absolute Gasteiger partial charge is 0.339 e. The van der Waals surface area contributed by atoms with Crippen molar-refractivity contribution in [2.75, 3.05) is 19.6 Å². The van der Waals surface area contributed by atoms with Crippen LogP contribution < -0.4 is 5.73 Å². The number of benzene rings is 1. The van der Waals surface area contributed by atoms with Crippen LogP contribution in [0.1, 0.15) is 24.2 Å². The molecule has 1 amide bonds. The number of nitrogens with two attached hydrogens (primary N) is 1. The molecule has 0 aromatic heterocycles. The summed E-state index contributed by atoms with van der Waals surface area (Å²) in [6.45, 7) is 4.62. The Morgan fingerprint density at radius 2 is 1.95 bits per heavy atom. The molecular weight excluding hydrogens is 257 g/mol. The van der Waals surface area contributed by atoms with Gasteiger partial charge >= 0.3 is 0 Å². The Bertz CT molecular complexity index is 465. The molecule has 0 fully saturated rings. The van der Waals surface area contributed by atoms with E-state index in [4.69, 9.17) is 5.73 Å². The lowest BCUT2D eigenvalue weighted by atomic mass is 10.1. The van der Waals surface area contributed by atoms with Crippen LogP contribution in [0.15, 0.2) is 12.1 Å². The third-order valence-electron chi connectivity index (χ3n) is 2.87. The zero-order valence-electron chi connectivity index (χ0n) is 10.9. The normalized spacial score (nSPS) is 12.3. The number of rotatable bonds is 5. The first-order valence-corrected chi connectivity index (χ1v) is 6.05. The van der Waals surface area contributed by atoms with Crippen molar-refractivity contribution in [1.82, 2.24) is 4.90 Å². The van der Waals surface area contributed by atoms with Gasteiger partial charge in [-0.05, 0) is 31.5 Å². The molecule has 1 rings (SSSR count). The van der Waals surface area contributed by atoms with Crippen molar-refractivity contribution in [3.63, 3.8) is 0 Å². The summed E-state index contributed by atoms with van der Waals surface area (Å²) < 4.78 is 39.5. The molecule has 1 atom stereocenters. The minimum absolute atomic E-state index is 0.0391. The molecule has 0 saturated carbocycles. The zero-order chi connectivity index (χ0) is 14.6. The predicted molar refractivity (Wildman–Crippen MR) is 66.1 cm³/mol. The molecule has 2 N–H and O–H groups in total. The minimum atomic E-state index is -1.63. The Hall–Kier alpha value is -1.56. The van der Waals surface area contributed by atoms with Gasteiger partial charge in [-0.3, -0.25) is 4.79 Å².